The first-order valence-electron chi connectivity index (χ1n) is 5.41. The lowest BCUT2D eigenvalue weighted by Crippen LogP contribution is -2.09. The number of halogens is 4. The summed E-state index contributed by atoms with van der Waals surface area (Å²) in [5.41, 5.74) is -0.877. The molecule has 0 amide bonds. The molecule has 7 heteroatoms. The standard InChI is InChI=1S/C13H7ClF3N3/c14-11-8(7-18)5-6-19-12(11)20-10-4-2-1-3-9(10)13(15,16)17/h1-6H,(H,19,20). The van der Waals surface area contributed by atoms with Gasteiger partial charge in [-0.2, -0.15) is 18.4 Å². The third kappa shape index (κ3) is 2.83. The molecule has 0 saturated carbocycles. The Balaban J connectivity index is 2.44. The summed E-state index contributed by atoms with van der Waals surface area (Å²) < 4.78 is 38.6. The van der Waals surface area contributed by atoms with Crippen LogP contribution in [0.15, 0.2) is 36.5 Å². The second kappa shape index (κ2) is 5.39. The van der Waals surface area contributed by atoms with Gasteiger partial charge in [-0.1, -0.05) is 23.7 Å². The van der Waals surface area contributed by atoms with Crippen LogP contribution in [0.3, 0.4) is 0 Å². The number of hydrogen-bond donors (Lipinski definition) is 1. The van der Waals surface area contributed by atoms with Gasteiger partial charge in [-0.15, -0.1) is 0 Å². The van der Waals surface area contributed by atoms with Crippen molar-refractivity contribution in [3.63, 3.8) is 0 Å². The molecule has 102 valence electrons. The molecule has 0 saturated heterocycles. The summed E-state index contributed by atoms with van der Waals surface area (Å²) in [6, 6.07) is 8.17. The zero-order valence-electron chi connectivity index (χ0n) is 9.87. The highest BCUT2D eigenvalue weighted by Crippen LogP contribution is 2.36. The monoisotopic (exact) mass is 297 g/mol. The van der Waals surface area contributed by atoms with Crippen LogP contribution in [0.1, 0.15) is 11.1 Å². The molecule has 2 rings (SSSR count). The van der Waals surface area contributed by atoms with Crippen molar-refractivity contribution in [2.24, 2.45) is 0 Å². The van der Waals surface area contributed by atoms with Gasteiger partial charge in [0, 0.05) is 6.20 Å². The number of alkyl halides is 3. The van der Waals surface area contributed by atoms with Gasteiger partial charge >= 0.3 is 6.18 Å². The molecular formula is C13H7ClF3N3. The number of para-hydroxylation sites is 1. The van der Waals surface area contributed by atoms with Crippen LogP contribution >= 0.6 is 11.6 Å². The molecule has 0 aliphatic heterocycles. The van der Waals surface area contributed by atoms with E-state index < -0.39 is 11.7 Å². The zero-order chi connectivity index (χ0) is 14.8. The molecule has 1 N–H and O–H groups in total. The van der Waals surface area contributed by atoms with E-state index in [1.54, 1.807) is 0 Å². The number of nitriles is 1. The summed E-state index contributed by atoms with van der Waals surface area (Å²) in [7, 11) is 0. The van der Waals surface area contributed by atoms with E-state index in [9.17, 15) is 13.2 Å². The van der Waals surface area contributed by atoms with E-state index in [1.807, 2.05) is 6.07 Å². The Morgan fingerprint density at radius 1 is 1.20 bits per heavy atom. The number of pyridine rings is 1. The molecule has 3 nitrogen and oxygen atoms in total. The number of benzene rings is 1. The Kier molecular flexibility index (Phi) is 3.81. The van der Waals surface area contributed by atoms with E-state index in [0.29, 0.717) is 0 Å². The molecule has 0 aliphatic carbocycles. The van der Waals surface area contributed by atoms with Crippen molar-refractivity contribution in [1.82, 2.24) is 4.98 Å². The third-order valence-corrected chi connectivity index (χ3v) is 2.88. The first-order chi connectivity index (χ1) is 9.43. The molecule has 2 aromatic rings. The fourth-order valence-corrected chi connectivity index (χ4v) is 1.79. The quantitative estimate of drug-likeness (QED) is 0.895. The molecule has 20 heavy (non-hydrogen) atoms. The maximum atomic E-state index is 12.9. The van der Waals surface area contributed by atoms with E-state index in [1.165, 1.54) is 30.5 Å². The van der Waals surface area contributed by atoms with Gasteiger partial charge in [-0.05, 0) is 18.2 Å². The van der Waals surface area contributed by atoms with E-state index in [0.717, 1.165) is 6.07 Å². The van der Waals surface area contributed by atoms with Gasteiger partial charge in [0.25, 0.3) is 0 Å². The minimum absolute atomic E-state index is 0.00224. The lowest BCUT2D eigenvalue weighted by atomic mass is 10.1. The van der Waals surface area contributed by atoms with E-state index in [-0.39, 0.29) is 22.1 Å². The summed E-state index contributed by atoms with van der Waals surface area (Å²) in [5, 5.41) is 11.3. The van der Waals surface area contributed by atoms with Gasteiger partial charge in [0.05, 0.1) is 16.8 Å². The average Bonchev–Trinajstić information content (AvgIpc) is 2.40. The Labute approximate surface area is 117 Å². The molecule has 1 aromatic carbocycles. The fourth-order valence-electron chi connectivity index (χ4n) is 1.58. The van der Waals surface area contributed by atoms with Crippen molar-refractivity contribution in [1.29, 1.82) is 5.26 Å². The molecule has 0 spiro atoms. The Bertz CT molecular complexity index is 677. The van der Waals surface area contributed by atoms with Gasteiger partial charge in [0.15, 0.2) is 5.82 Å². The summed E-state index contributed by atoms with van der Waals surface area (Å²) in [6.45, 7) is 0. The molecule has 0 bridgehead atoms. The molecule has 0 radical (unpaired) electrons. The molecular weight excluding hydrogens is 291 g/mol. The SMILES string of the molecule is N#Cc1ccnc(Nc2ccccc2C(F)(F)F)c1Cl. The molecule has 0 aliphatic rings. The van der Waals surface area contributed by atoms with E-state index in [2.05, 4.69) is 10.3 Å². The molecule has 1 aromatic heterocycles. The van der Waals surface area contributed by atoms with Crippen LogP contribution in [0.5, 0.6) is 0 Å². The number of aromatic nitrogens is 1. The molecule has 0 fully saturated rings. The number of nitrogens with zero attached hydrogens (tertiary/aromatic N) is 2. The van der Waals surface area contributed by atoms with Crippen molar-refractivity contribution in [2.45, 2.75) is 6.18 Å². The van der Waals surface area contributed by atoms with Crippen LogP contribution in [0.25, 0.3) is 0 Å². The summed E-state index contributed by atoms with van der Waals surface area (Å²) >= 11 is 5.90. The number of nitrogens with one attached hydrogen (secondary N) is 1. The largest absolute Gasteiger partial charge is 0.418 e. The third-order valence-electron chi connectivity index (χ3n) is 2.50. The van der Waals surface area contributed by atoms with Crippen molar-refractivity contribution >= 4 is 23.1 Å². The normalized spacial score (nSPS) is 10.9. The smallest absolute Gasteiger partial charge is 0.338 e. The summed E-state index contributed by atoms with van der Waals surface area (Å²) in [6.07, 6.45) is -3.20. The molecule has 0 atom stereocenters. The second-order valence-electron chi connectivity index (χ2n) is 3.80. The minimum Gasteiger partial charge on any atom is -0.338 e. The highest BCUT2D eigenvalue weighted by atomic mass is 35.5. The van der Waals surface area contributed by atoms with Crippen molar-refractivity contribution < 1.29 is 13.2 Å². The molecule has 0 unspecified atom stereocenters. The minimum atomic E-state index is -4.50. The van der Waals surface area contributed by atoms with Gasteiger partial charge in [-0.3, -0.25) is 0 Å². The first-order valence-corrected chi connectivity index (χ1v) is 5.79. The van der Waals surface area contributed by atoms with Crippen LogP contribution in [0, 0.1) is 11.3 Å². The van der Waals surface area contributed by atoms with Crippen LogP contribution < -0.4 is 5.32 Å². The highest BCUT2D eigenvalue weighted by Gasteiger charge is 2.33. The van der Waals surface area contributed by atoms with E-state index in [4.69, 9.17) is 16.9 Å². The summed E-state index contributed by atoms with van der Waals surface area (Å²) in [5.74, 6) is 0.00224. The second-order valence-corrected chi connectivity index (χ2v) is 4.18. The predicted octanol–water partition coefficient (Wildman–Crippen LogP) is 4.37. The topological polar surface area (TPSA) is 48.7 Å². The Hall–Kier alpha value is -2.26. The average molecular weight is 298 g/mol. The highest BCUT2D eigenvalue weighted by molar-refractivity contribution is 6.34. The fraction of sp³-hybridized carbons (Fsp3) is 0.0769. The van der Waals surface area contributed by atoms with Crippen molar-refractivity contribution in [3.05, 3.63) is 52.7 Å². The Morgan fingerprint density at radius 3 is 2.55 bits per heavy atom. The lowest BCUT2D eigenvalue weighted by Gasteiger charge is -2.14. The van der Waals surface area contributed by atoms with Crippen LogP contribution in [-0.4, -0.2) is 4.98 Å². The number of hydrogen-bond acceptors (Lipinski definition) is 3. The first kappa shape index (κ1) is 14.2. The maximum absolute atomic E-state index is 12.9. The van der Waals surface area contributed by atoms with Gasteiger partial charge < -0.3 is 5.32 Å². The van der Waals surface area contributed by atoms with E-state index >= 15 is 0 Å². The number of anilines is 2. The van der Waals surface area contributed by atoms with Gasteiger partial charge in [0.2, 0.25) is 0 Å². The van der Waals surface area contributed by atoms with Crippen LogP contribution in [-0.2, 0) is 6.18 Å². The van der Waals surface area contributed by atoms with Crippen molar-refractivity contribution in [3.8, 4) is 6.07 Å². The zero-order valence-corrected chi connectivity index (χ0v) is 10.6. The lowest BCUT2D eigenvalue weighted by molar-refractivity contribution is -0.136. The maximum Gasteiger partial charge on any atom is 0.418 e. The van der Waals surface area contributed by atoms with Gasteiger partial charge in [-0.25, -0.2) is 4.98 Å². The van der Waals surface area contributed by atoms with Crippen molar-refractivity contribution in [2.75, 3.05) is 5.32 Å². The molecule has 1 heterocycles. The van der Waals surface area contributed by atoms with Crippen LogP contribution in [0.2, 0.25) is 5.02 Å². The van der Waals surface area contributed by atoms with Crippen LogP contribution in [0.4, 0.5) is 24.7 Å². The number of rotatable bonds is 2. The Morgan fingerprint density at radius 2 is 1.90 bits per heavy atom. The predicted molar refractivity (Wildman–Crippen MR) is 68.7 cm³/mol. The van der Waals surface area contributed by atoms with Gasteiger partial charge in [0.1, 0.15) is 11.1 Å². The summed E-state index contributed by atoms with van der Waals surface area (Å²) in [4.78, 5) is 3.84.